The van der Waals surface area contributed by atoms with Gasteiger partial charge in [-0.25, -0.2) is 17.5 Å². The van der Waals surface area contributed by atoms with Gasteiger partial charge in [0.25, 0.3) is 5.91 Å². The zero-order chi connectivity index (χ0) is 25.5. The van der Waals surface area contributed by atoms with E-state index in [1.807, 2.05) is 13.8 Å². The number of nitrogens with one attached hydrogen (secondary N) is 3. The number of benzene rings is 2. The molecule has 34 heavy (non-hydrogen) atoms. The van der Waals surface area contributed by atoms with E-state index in [0.717, 1.165) is 0 Å². The lowest BCUT2D eigenvalue weighted by molar-refractivity contribution is -0.118. The Balaban J connectivity index is 2.11. The highest BCUT2D eigenvalue weighted by Gasteiger charge is 2.26. The number of carbonyl (C=O) groups is 2. The second-order valence-electron chi connectivity index (χ2n) is 9.14. The van der Waals surface area contributed by atoms with Crippen molar-refractivity contribution in [3.8, 4) is 0 Å². The molecule has 8 nitrogen and oxygen atoms in total. The molecule has 1 atom stereocenters. The molecule has 0 radical (unpaired) electrons. The van der Waals surface area contributed by atoms with Crippen molar-refractivity contribution in [3.63, 3.8) is 0 Å². The van der Waals surface area contributed by atoms with Crippen LogP contribution in [0.2, 0.25) is 0 Å². The van der Waals surface area contributed by atoms with Gasteiger partial charge in [0, 0.05) is 23.4 Å². The molecule has 0 fully saturated rings. The Kier molecular flexibility index (Phi) is 9.31. The van der Waals surface area contributed by atoms with Crippen molar-refractivity contribution in [2.24, 2.45) is 5.92 Å². The van der Waals surface area contributed by atoms with Crippen LogP contribution in [-0.4, -0.2) is 43.5 Å². The summed E-state index contributed by atoms with van der Waals surface area (Å²) in [6.07, 6.45) is 0.621. The quantitative estimate of drug-likeness (QED) is 0.383. The molecular weight excluding hydrogens is 461 g/mol. The number of aliphatic hydroxyl groups excluding tert-OH is 1. The highest BCUT2D eigenvalue weighted by Crippen LogP contribution is 2.19. The number of halogens is 1. The molecule has 0 aromatic heterocycles. The average Bonchev–Trinajstić information content (AvgIpc) is 2.73. The first kappa shape index (κ1) is 27.4. The average molecular weight is 494 g/mol. The molecular formula is C24H32FN3O5S. The minimum absolute atomic E-state index is 0.0138. The topological polar surface area (TPSA) is 125 Å². The molecule has 1 unspecified atom stereocenters. The van der Waals surface area contributed by atoms with Gasteiger partial charge in [0.2, 0.25) is 15.9 Å². The summed E-state index contributed by atoms with van der Waals surface area (Å²) >= 11 is 0. The third-order valence-electron chi connectivity index (χ3n) is 5.01. The fourth-order valence-corrected chi connectivity index (χ4v) is 4.69. The van der Waals surface area contributed by atoms with Gasteiger partial charge >= 0.3 is 0 Å². The Morgan fingerprint density at radius 2 is 1.62 bits per heavy atom. The summed E-state index contributed by atoms with van der Waals surface area (Å²) in [7, 11) is -3.82. The smallest absolute Gasteiger partial charge is 0.251 e. The summed E-state index contributed by atoms with van der Waals surface area (Å²) in [6, 6.07) is 9.81. The van der Waals surface area contributed by atoms with E-state index < -0.39 is 39.2 Å². The van der Waals surface area contributed by atoms with E-state index in [-0.39, 0.29) is 29.4 Å². The minimum atomic E-state index is -3.82. The number of hydrogen-bond acceptors (Lipinski definition) is 5. The van der Waals surface area contributed by atoms with Crippen molar-refractivity contribution in [3.05, 3.63) is 59.9 Å². The van der Waals surface area contributed by atoms with Crippen LogP contribution in [-0.2, 0) is 14.8 Å². The number of hydrogen-bond donors (Lipinski definition) is 4. The maximum atomic E-state index is 13.1. The summed E-state index contributed by atoms with van der Waals surface area (Å²) in [4.78, 5) is 25.4. The van der Waals surface area contributed by atoms with E-state index in [1.165, 1.54) is 48.5 Å². The first-order valence-electron chi connectivity index (χ1n) is 10.9. The Morgan fingerprint density at radius 3 is 2.15 bits per heavy atom. The van der Waals surface area contributed by atoms with Gasteiger partial charge in [-0.05, 0) is 81.1 Å². The number of aliphatic hydroxyl groups is 1. The zero-order valence-electron chi connectivity index (χ0n) is 19.8. The second kappa shape index (κ2) is 11.5. The fraction of sp³-hybridized carbons (Fsp3) is 0.417. The standard InChI is InChI=1S/C24H32FN3O5S/c1-16(2)15-21(27-22(30)17-5-7-18(25)8-6-17)23(31)26-19-9-11-20(12-10-19)34(32,33)28-24(3,4)13-14-29/h5-12,16,21,28-29H,13-15H2,1-4H3,(H,26,31)(H,27,30). The third-order valence-corrected chi connectivity index (χ3v) is 6.73. The largest absolute Gasteiger partial charge is 0.396 e. The highest BCUT2D eigenvalue weighted by atomic mass is 32.2. The SMILES string of the molecule is CC(C)CC(NC(=O)c1ccc(F)cc1)C(=O)Nc1ccc(S(=O)(=O)NC(C)(C)CCO)cc1. The van der Waals surface area contributed by atoms with Crippen LogP contribution in [0.1, 0.15) is 50.9 Å². The van der Waals surface area contributed by atoms with Crippen LogP contribution in [0.4, 0.5) is 10.1 Å². The molecule has 0 aliphatic carbocycles. The maximum Gasteiger partial charge on any atom is 0.251 e. The number of sulfonamides is 1. The van der Waals surface area contributed by atoms with Crippen molar-refractivity contribution in [2.45, 2.75) is 57.0 Å². The molecule has 0 aliphatic heterocycles. The van der Waals surface area contributed by atoms with Crippen LogP contribution in [0.5, 0.6) is 0 Å². The Morgan fingerprint density at radius 1 is 1.03 bits per heavy atom. The predicted molar refractivity (Wildman–Crippen MR) is 128 cm³/mol. The van der Waals surface area contributed by atoms with Crippen LogP contribution in [0.25, 0.3) is 0 Å². The summed E-state index contributed by atoms with van der Waals surface area (Å²) < 4.78 is 40.9. The van der Waals surface area contributed by atoms with E-state index in [2.05, 4.69) is 15.4 Å². The van der Waals surface area contributed by atoms with Crippen molar-refractivity contribution >= 4 is 27.5 Å². The third kappa shape index (κ3) is 8.19. The molecule has 0 heterocycles. The first-order chi connectivity index (χ1) is 15.8. The molecule has 186 valence electrons. The van der Waals surface area contributed by atoms with Crippen molar-refractivity contribution in [2.75, 3.05) is 11.9 Å². The molecule has 2 amide bonds. The molecule has 0 saturated carbocycles. The van der Waals surface area contributed by atoms with E-state index in [9.17, 15) is 22.4 Å². The Labute approximate surface area is 200 Å². The predicted octanol–water partition coefficient (Wildman–Crippen LogP) is 3.05. The maximum absolute atomic E-state index is 13.1. The molecule has 2 aromatic rings. The summed E-state index contributed by atoms with van der Waals surface area (Å²) in [5, 5.41) is 14.5. The molecule has 0 bridgehead atoms. The van der Waals surface area contributed by atoms with Crippen molar-refractivity contribution < 1.29 is 27.5 Å². The van der Waals surface area contributed by atoms with Gasteiger partial charge in [-0.1, -0.05) is 13.8 Å². The number of rotatable bonds is 11. The van der Waals surface area contributed by atoms with Gasteiger partial charge in [-0.3, -0.25) is 9.59 Å². The van der Waals surface area contributed by atoms with Crippen LogP contribution >= 0.6 is 0 Å². The van der Waals surface area contributed by atoms with Crippen molar-refractivity contribution in [1.82, 2.24) is 10.0 Å². The lowest BCUT2D eigenvalue weighted by atomic mass is 10.0. The minimum Gasteiger partial charge on any atom is -0.396 e. The first-order valence-corrected chi connectivity index (χ1v) is 12.4. The van der Waals surface area contributed by atoms with Crippen molar-refractivity contribution in [1.29, 1.82) is 0 Å². The van der Waals surface area contributed by atoms with Gasteiger partial charge in [0.05, 0.1) is 4.90 Å². The normalized spacial score (nSPS) is 12.9. The number of amides is 2. The zero-order valence-corrected chi connectivity index (χ0v) is 20.6. The Hall–Kier alpha value is -2.82. The van der Waals surface area contributed by atoms with Crippen LogP contribution in [0.3, 0.4) is 0 Å². The Bertz CT molecular complexity index is 1080. The highest BCUT2D eigenvalue weighted by molar-refractivity contribution is 7.89. The number of carbonyl (C=O) groups excluding carboxylic acids is 2. The number of anilines is 1. The van der Waals surface area contributed by atoms with E-state index >= 15 is 0 Å². The fourth-order valence-electron chi connectivity index (χ4n) is 3.25. The lowest BCUT2D eigenvalue weighted by Crippen LogP contribution is -2.44. The van der Waals surface area contributed by atoms with E-state index in [1.54, 1.807) is 13.8 Å². The van der Waals surface area contributed by atoms with Crippen LogP contribution in [0, 0.1) is 11.7 Å². The van der Waals surface area contributed by atoms with Gasteiger partial charge in [-0.15, -0.1) is 0 Å². The summed E-state index contributed by atoms with van der Waals surface area (Å²) in [6.45, 7) is 7.01. The van der Waals surface area contributed by atoms with E-state index in [0.29, 0.717) is 12.1 Å². The molecule has 0 spiro atoms. The van der Waals surface area contributed by atoms with Gasteiger partial charge in [0.1, 0.15) is 11.9 Å². The molecule has 0 aliphatic rings. The lowest BCUT2D eigenvalue weighted by Gasteiger charge is -2.25. The summed E-state index contributed by atoms with van der Waals surface area (Å²) in [5.41, 5.74) is -0.231. The molecule has 2 aromatic carbocycles. The van der Waals surface area contributed by atoms with Crippen LogP contribution < -0.4 is 15.4 Å². The molecule has 0 saturated heterocycles. The molecule has 2 rings (SSSR count). The van der Waals surface area contributed by atoms with Gasteiger partial charge in [0.15, 0.2) is 0 Å². The van der Waals surface area contributed by atoms with E-state index in [4.69, 9.17) is 5.11 Å². The summed E-state index contributed by atoms with van der Waals surface area (Å²) in [5.74, 6) is -1.32. The van der Waals surface area contributed by atoms with Crippen LogP contribution in [0.15, 0.2) is 53.4 Å². The van der Waals surface area contributed by atoms with Gasteiger partial charge < -0.3 is 15.7 Å². The molecule has 10 heteroatoms. The monoisotopic (exact) mass is 493 g/mol. The second-order valence-corrected chi connectivity index (χ2v) is 10.8. The molecule has 4 N–H and O–H groups in total. The van der Waals surface area contributed by atoms with Gasteiger partial charge in [-0.2, -0.15) is 0 Å².